The van der Waals surface area contributed by atoms with E-state index in [0.717, 1.165) is 47.4 Å². The second-order valence-corrected chi connectivity index (χ2v) is 8.06. The Bertz CT molecular complexity index is 1010. The van der Waals surface area contributed by atoms with E-state index in [0.29, 0.717) is 5.56 Å². The molecular formula is C25H30N4O2. The lowest BCUT2D eigenvalue weighted by atomic mass is 10.0. The molecule has 0 unspecified atom stereocenters. The van der Waals surface area contributed by atoms with Crippen molar-refractivity contribution in [3.63, 3.8) is 0 Å². The van der Waals surface area contributed by atoms with Gasteiger partial charge in [-0.15, -0.1) is 0 Å². The Labute approximate surface area is 183 Å². The van der Waals surface area contributed by atoms with Crippen molar-refractivity contribution in [2.75, 3.05) is 45.2 Å². The number of ketones is 1. The van der Waals surface area contributed by atoms with Gasteiger partial charge in [0, 0.05) is 48.2 Å². The second-order valence-electron chi connectivity index (χ2n) is 8.06. The van der Waals surface area contributed by atoms with Crippen LogP contribution < -0.4 is 5.32 Å². The average molecular weight is 419 g/mol. The molecule has 0 spiro atoms. The molecule has 3 heterocycles. The van der Waals surface area contributed by atoms with Gasteiger partial charge in [0.25, 0.3) is 0 Å². The van der Waals surface area contributed by atoms with Crippen molar-refractivity contribution in [2.45, 2.75) is 25.7 Å². The molecule has 1 N–H and O–H groups in total. The SMILES string of the molecule is COCC(=O)c1ccc(-c2cc(NCCCN3CCCCC3)c3cnccc3n2)cc1. The van der Waals surface area contributed by atoms with Crippen LogP contribution in [0.5, 0.6) is 0 Å². The van der Waals surface area contributed by atoms with E-state index in [1.54, 1.807) is 6.20 Å². The number of benzene rings is 1. The molecule has 1 aromatic carbocycles. The molecule has 0 radical (unpaired) electrons. The van der Waals surface area contributed by atoms with E-state index in [9.17, 15) is 4.79 Å². The molecule has 162 valence electrons. The predicted molar refractivity (Wildman–Crippen MR) is 125 cm³/mol. The Kier molecular flexibility index (Phi) is 7.22. The molecule has 3 aromatic rings. The third kappa shape index (κ3) is 5.46. The largest absolute Gasteiger partial charge is 0.384 e. The number of nitrogens with one attached hydrogen (secondary N) is 1. The highest BCUT2D eigenvalue weighted by Crippen LogP contribution is 2.28. The number of aromatic nitrogens is 2. The van der Waals surface area contributed by atoms with E-state index >= 15 is 0 Å². The lowest BCUT2D eigenvalue weighted by molar-refractivity contribution is 0.0848. The number of fused-ring (bicyclic) bond motifs is 1. The van der Waals surface area contributed by atoms with E-state index in [1.807, 2.05) is 36.5 Å². The fourth-order valence-electron chi connectivity index (χ4n) is 4.11. The van der Waals surface area contributed by atoms with Crippen molar-refractivity contribution in [3.05, 3.63) is 54.4 Å². The Hall–Kier alpha value is -2.83. The fraction of sp³-hybridized carbons (Fsp3) is 0.400. The Morgan fingerprint density at radius 3 is 2.71 bits per heavy atom. The highest BCUT2D eigenvalue weighted by Gasteiger charge is 2.11. The van der Waals surface area contributed by atoms with Crippen molar-refractivity contribution in [1.29, 1.82) is 0 Å². The van der Waals surface area contributed by atoms with Crippen molar-refractivity contribution in [1.82, 2.24) is 14.9 Å². The number of nitrogens with zero attached hydrogens (tertiary/aromatic N) is 3. The van der Waals surface area contributed by atoms with E-state index < -0.39 is 0 Å². The first kappa shape index (κ1) is 21.4. The number of likely N-dealkylation sites (tertiary alicyclic amines) is 1. The van der Waals surface area contributed by atoms with E-state index in [2.05, 4.69) is 21.3 Å². The predicted octanol–water partition coefficient (Wildman–Crippen LogP) is 4.41. The van der Waals surface area contributed by atoms with Gasteiger partial charge in [-0.3, -0.25) is 9.78 Å². The Balaban J connectivity index is 1.50. The van der Waals surface area contributed by atoms with Gasteiger partial charge in [0.15, 0.2) is 5.78 Å². The summed E-state index contributed by atoms with van der Waals surface area (Å²) in [4.78, 5) is 23.7. The summed E-state index contributed by atoms with van der Waals surface area (Å²) >= 11 is 0. The minimum atomic E-state index is -0.0253. The number of pyridine rings is 2. The van der Waals surface area contributed by atoms with Gasteiger partial charge in [-0.2, -0.15) is 0 Å². The molecule has 0 aliphatic carbocycles. The van der Waals surface area contributed by atoms with Gasteiger partial charge in [0.2, 0.25) is 0 Å². The average Bonchev–Trinajstić information content (AvgIpc) is 2.82. The van der Waals surface area contributed by atoms with Crippen molar-refractivity contribution in [3.8, 4) is 11.3 Å². The standard InChI is InChI=1S/C25H30N4O2/c1-31-18-25(30)20-8-6-19(7-9-20)23-16-24(21-17-26-12-10-22(21)28-23)27-11-5-15-29-13-3-2-4-14-29/h6-10,12,16-17H,2-5,11,13-15,18H2,1H3,(H,27,28). The van der Waals surface area contributed by atoms with Gasteiger partial charge < -0.3 is 15.0 Å². The zero-order valence-electron chi connectivity index (χ0n) is 18.1. The van der Waals surface area contributed by atoms with Crippen LogP contribution >= 0.6 is 0 Å². The molecule has 0 amide bonds. The third-order valence-electron chi connectivity index (χ3n) is 5.80. The highest BCUT2D eigenvalue weighted by molar-refractivity contribution is 5.98. The quantitative estimate of drug-likeness (QED) is 0.410. The van der Waals surface area contributed by atoms with E-state index in [4.69, 9.17) is 9.72 Å². The Morgan fingerprint density at radius 2 is 1.94 bits per heavy atom. The summed E-state index contributed by atoms with van der Waals surface area (Å²) in [6, 6.07) is 11.6. The topological polar surface area (TPSA) is 67.3 Å². The molecular weight excluding hydrogens is 388 g/mol. The van der Waals surface area contributed by atoms with Gasteiger partial charge in [-0.05, 0) is 51.0 Å². The number of piperidine rings is 1. The van der Waals surface area contributed by atoms with Crippen LogP contribution in [0.1, 0.15) is 36.0 Å². The number of Topliss-reactive ketones (excluding diaryl/α,β-unsaturated/α-hetero) is 1. The van der Waals surface area contributed by atoms with Crippen molar-refractivity contribution in [2.24, 2.45) is 0 Å². The molecule has 6 nitrogen and oxygen atoms in total. The molecule has 0 bridgehead atoms. The van der Waals surface area contributed by atoms with Gasteiger partial charge in [-0.25, -0.2) is 4.98 Å². The molecule has 1 fully saturated rings. The maximum atomic E-state index is 12.0. The van der Waals surface area contributed by atoms with Crippen LogP contribution in [0.25, 0.3) is 22.2 Å². The highest BCUT2D eigenvalue weighted by atomic mass is 16.5. The number of methoxy groups -OCH3 is 1. The van der Waals surface area contributed by atoms with Gasteiger partial charge in [0.05, 0.1) is 11.2 Å². The summed E-state index contributed by atoms with van der Waals surface area (Å²) in [5.74, 6) is -0.0253. The number of anilines is 1. The summed E-state index contributed by atoms with van der Waals surface area (Å²) in [5.41, 5.74) is 4.45. The van der Waals surface area contributed by atoms with Gasteiger partial charge >= 0.3 is 0 Å². The fourth-order valence-corrected chi connectivity index (χ4v) is 4.11. The van der Waals surface area contributed by atoms with Crippen LogP contribution in [0, 0.1) is 0 Å². The normalized spacial score (nSPS) is 14.6. The van der Waals surface area contributed by atoms with E-state index in [1.165, 1.54) is 39.5 Å². The molecule has 6 heteroatoms. The third-order valence-corrected chi connectivity index (χ3v) is 5.80. The van der Waals surface area contributed by atoms with Crippen LogP contribution in [0.3, 0.4) is 0 Å². The maximum Gasteiger partial charge on any atom is 0.188 e. The summed E-state index contributed by atoms with van der Waals surface area (Å²) in [6.45, 7) is 4.60. The zero-order chi connectivity index (χ0) is 21.5. The summed E-state index contributed by atoms with van der Waals surface area (Å²) in [6.07, 6.45) is 8.77. The smallest absolute Gasteiger partial charge is 0.188 e. The van der Waals surface area contributed by atoms with Crippen LogP contribution in [0.4, 0.5) is 5.69 Å². The summed E-state index contributed by atoms with van der Waals surface area (Å²) in [7, 11) is 1.53. The zero-order valence-corrected chi connectivity index (χ0v) is 18.1. The van der Waals surface area contributed by atoms with Gasteiger partial charge in [0.1, 0.15) is 6.61 Å². The van der Waals surface area contributed by atoms with Crippen molar-refractivity contribution < 1.29 is 9.53 Å². The first-order chi connectivity index (χ1) is 15.2. The molecule has 0 saturated carbocycles. The number of rotatable bonds is 9. The number of hydrogen-bond acceptors (Lipinski definition) is 6. The first-order valence-corrected chi connectivity index (χ1v) is 11.1. The van der Waals surface area contributed by atoms with Crippen molar-refractivity contribution >= 4 is 22.4 Å². The van der Waals surface area contributed by atoms with Crippen LogP contribution in [-0.2, 0) is 4.74 Å². The van der Waals surface area contributed by atoms with Gasteiger partial charge in [-0.1, -0.05) is 30.7 Å². The maximum absolute atomic E-state index is 12.0. The number of hydrogen-bond donors (Lipinski definition) is 1. The molecule has 1 saturated heterocycles. The molecule has 0 atom stereocenters. The Morgan fingerprint density at radius 1 is 1.13 bits per heavy atom. The summed E-state index contributed by atoms with van der Waals surface area (Å²) in [5, 5.41) is 4.63. The number of carbonyl (C=O) groups excluding carboxylic acids is 1. The lowest BCUT2D eigenvalue weighted by Gasteiger charge is -2.26. The monoisotopic (exact) mass is 418 g/mol. The molecule has 4 rings (SSSR count). The molecule has 1 aliphatic rings. The molecule has 31 heavy (non-hydrogen) atoms. The van der Waals surface area contributed by atoms with E-state index in [-0.39, 0.29) is 12.4 Å². The molecule has 1 aliphatic heterocycles. The van der Waals surface area contributed by atoms with Crippen LogP contribution in [0.15, 0.2) is 48.8 Å². The number of carbonyl (C=O) groups is 1. The summed E-state index contributed by atoms with van der Waals surface area (Å²) < 4.78 is 4.94. The minimum Gasteiger partial charge on any atom is -0.384 e. The number of ether oxygens (including phenoxy) is 1. The minimum absolute atomic E-state index is 0.0253. The second kappa shape index (κ2) is 10.5. The lowest BCUT2D eigenvalue weighted by Crippen LogP contribution is -2.31. The first-order valence-electron chi connectivity index (χ1n) is 11.1. The van der Waals surface area contributed by atoms with Crippen LogP contribution in [-0.4, -0.2) is 60.5 Å². The molecule has 2 aromatic heterocycles. The van der Waals surface area contributed by atoms with Crippen LogP contribution in [0.2, 0.25) is 0 Å².